The van der Waals surface area contributed by atoms with Gasteiger partial charge in [0.05, 0.1) is 12.2 Å². The van der Waals surface area contributed by atoms with Crippen LogP contribution in [-0.4, -0.2) is 14.8 Å². The summed E-state index contributed by atoms with van der Waals surface area (Å²) in [7, 11) is 0. The van der Waals surface area contributed by atoms with Crippen LogP contribution in [0.1, 0.15) is 17.2 Å². The molecule has 0 aliphatic carbocycles. The third kappa shape index (κ3) is 1.88. The van der Waals surface area contributed by atoms with Crippen LogP contribution >= 0.6 is 0 Å². The highest BCUT2D eigenvalue weighted by Gasteiger charge is 2.08. The van der Waals surface area contributed by atoms with E-state index in [1.54, 1.807) is 23.7 Å². The van der Waals surface area contributed by atoms with E-state index in [1.165, 1.54) is 6.07 Å². The summed E-state index contributed by atoms with van der Waals surface area (Å²) in [5.41, 5.74) is 6.18. The van der Waals surface area contributed by atoms with E-state index >= 15 is 0 Å². The van der Waals surface area contributed by atoms with Crippen molar-refractivity contribution in [1.82, 2.24) is 14.8 Å². The molecule has 0 atom stereocenters. The van der Waals surface area contributed by atoms with Gasteiger partial charge in [-0.3, -0.25) is 0 Å². The number of hydrogen-bond acceptors (Lipinski definition) is 3. The smallest absolute Gasteiger partial charge is 0.151 e. The summed E-state index contributed by atoms with van der Waals surface area (Å²) >= 11 is 0. The fraction of sp³-hybridized carbons (Fsp3) is 0.273. The largest absolute Gasteiger partial charge is 0.396 e. The van der Waals surface area contributed by atoms with E-state index in [0.717, 1.165) is 5.82 Å². The zero-order valence-electron chi connectivity index (χ0n) is 9.24. The maximum absolute atomic E-state index is 13.6. The predicted molar refractivity (Wildman–Crippen MR) is 59.4 cm³/mol. The average Bonchev–Trinajstić information content (AvgIpc) is 2.53. The van der Waals surface area contributed by atoms with Gasteiger partial charge in [-0.2, -0.15) is 5.10 Å². The summed E-state index contributed by atoms with van der Waals surface area (Å²) in [5.74, 6) is 1.07. The summed E-state index contributed by atoms with van der Waals surface area (Å²) in [6, 6.07) is 4.97. The molecule has 0 bridgehead atoms. The SMILES string of the molecule is Cc1nc(C)n(Cc2cccc(N)c2F)n1. The van der Waals surface area contributed by atoms with Crippen molar-refractivity contribution in [3.63, 3.8) is 0 Å². The van der Waals surface area contributed by atoms with Crippen molar-refractivity contribution in [2.24, 2.45) is 0 Å². The summed E-state index contributed by atoms with van der Waals surface area (Å²) in [6.07, 6.45) is 0. The van der Waals surface area contributed by atoms with Gasteiger partial charge in [-0.05, 0) is 19.9 Å². The molecule has 0 unspecified atom stereocenters. The zero-order chi connectivity index (χ0) is 11.7. The molecule has 0 radical (unpaired) electrons. The van der Waals surface area contributed by atoms with E-state index in [4.69, 9.17) is 5.73 Å². The maximum atomic E-state index is 13.6. The zero-order valence-corrected chi connectivity index (χ0v) is 9.24. The van der Waals surface area contributed by atoms with Crippen LogP contribution in [0.5, 0.6) is 0 Å². The first-order chi connectivity index (χ1) is 7.58. The Labute approximate surface area is 92.9 Å². The fourth-order valence-corrected chi connectivity index (χ4v) is 1.59. The van der Waals surface area contributed by atoms with Gasteiger partial charge in [0.15, 0.2) is 5.82 Å². The number of hydrogen-bond donors (Lipinski definition) is 1. The monoisotopic (exact) mass is 220 g/mol. The molecule has 84 valence electrons. The van der Waals surface area contributed by atoms with Crippen molar-refractivity contribution in [3.05, 3.63) is 41.2 Å². The van der Waals surface area contributed by atoms with Gasteiger partial charge in [0.2, 0.25) is 0 Å². The number of nitrogen functional groups attached to an aromatic ring is 1. The lowest BCUT2D eigenvalue weighted by molar-refractivity contribution is 0.581. The molecule has 16 heavy (non-hydrogen) atoms. The second kappa shape index (κ2) is 3.92. The molecule has 2 N–H and O–H groups in total. The molecular weight excluding hydrogens is 207 g/mol. The Balaban J connectivity index is 2.34. The van der Waals surface area contributed by atoms with Crippen LogP contribution in [0.15, 0.2) is 18.2 Å². The molecule has 1 aromatic carbocycles. The Kier molecular flexibility index (Phi) is 2.60. The molecule has 2 aromatic rings. The van der Waals surface area contributed by atoms with E-state index in [1.807, 2.05) is 6.92 Å². The van der Waals surface area contributed by atoms with Crippen LogP contribution in [0.4, 0.5) is 10.1 Å². The molecule has 0 saturated heterocycles. The van der Waals surface area contributed by atoms with Gasteiger partial charge in [0.25, 0.3) is 0 Å². The topological polar surface area (TPSA) is 56.7 Å². The standard InChI is InChI=1S/C11H13FN4/c1-7-14-8(2)16(15-7)6-9-4-3-5-10(13)11(9)12/h3-5H,6,13H2,1-2H3. The highest BCUT2D eigenvalue weighted by Crippen LogP contribution is 2.15. The summed E-state index contributed by atoms with van der Waals surface area (Å²) in [6.45, 7) is 3.99. The second-order valence-electron chi connectivity index (χ2n) is 3.68. The molecule has 4 nitrogen and oxygen atoms in total. The first kappa shape index (κ1) is 10.6. The fourth-order valence-electron chi connectivity index (χ4n) is 1.59. The second-order valence-corrected chi connectivity index (χ2v) is 3.68. The lowest BCUT2D eigenvalue weighted by Crippen LogP contribution is -2.07. The van der Waals surface area contributed by atoms with Crippen molar-refractivity contribution in [3.8, 4) is 0 Å². The number of nitrogens with two attached hydrogens (primary N) is 1. The first-order valence-electron chi connectivity index (χ1n) is 4.99. The molecule has 0 fully saturated rings. The number of benzene rings is 1. The predicted octanol–water partition coefficient (Wildman–Crippen LogP) is 1.66. The van der Waals surface area contributed by atoms with E-state index in [9.17, 15) is 4.39 Å². The summed E-state index contributed by atoms with van der Waals surface area (Å²) in [4.78, 5) is 4.16. The van der Waals surface area contributed by atoms with E-state index in [-0.39, 0.29) is 11.5 Å². The molecule has 0 saturated carbocycles. The van der Waals surface area contributed by atoms with E-state index in [2.05, 4.69) is 10.1 Å². The van der Waals surface area contributed by atoms with Gasteiger partial charge in [-0.25, -0.2) is 14.1 Å². The quantitative estimate of drug-likeness (QED) is 0.783. The minimum atomic E-state index is -0.380. The summed E-state index contributed by atoms with van der Waals surface area (Å²) in [5, 5.41) is 4.17. The molecule has 5 heteroatoms. The third-order valence-electron chi connectivity index (χ3n) is 2.39. The highest BCUT2D eigenvalue weighted by molar-refractivity contribution is 5.42. The number of nitrogens with zero attached hydrogens (tertiary/aromatic N) is 3. The minimum absolute atomic E-state index is 0.159. The molecule has 0 spiro atoms. The van der Waals surface area contributed by atoms with Crippen LogP contribution in [-0.2, 0) is 6.54 Å². The minimum Gasteiger partial charge on any atom is -0.396 e. The lowest BCUT2D eigenvalue weighted by atomic mass is 10.2. The Morgan fingerprint density at radius 1 is 1.38 bits per heavy atom. The van der Waals surface area contributed by atoms with E-state index in [0.29, 0.717) is 17.9 Å². The van der Waals surface area contributed by atoms with Gasteiger partial charge in [0, 0.05) is 5.56 Å². The van der Waals surface area contributed by atoms with Crippen LogP contribution in [0.3, 0.4) is 0 Å². The molecule has 0 amide bonds. The normalized spacial score (nSPS) is 10.7. The van der Waals surface area contributed by atoms with Crippen molar-refractivity contribution < 1.29 is 4.39 Å². The molecule has 0 aliphatic rings. The van der Waals surface area contributed by atoms with Crippen LogP contribution in [0.25, 0.3) is 0 Å². The summed E-state index contributed by atoms with van der Waals surface area (Å²) < 4.78 is 15.3. The molecule has 0 aliphatic heterocycles. The molecule has 2 rings (SSSR count). The van der Waals surface area contributed by atoms with Gasteiger partial charge < -0.3 is 5.73 Å². The number of halogens is 1. The van der Waals surface area contributed by atoms with Crippen molar-refractivity contribution >= 4 is 5.69 Å². The van der Waals surface area contributed by atoms with Crippen LogP contribution < -0.4 is 5.73 Å². The Bertz CT molecular complexity index is 519. The number of rotatable bonds is 2. The molecule has 1 heterocycles. The lowest BCUT2D eigenvalue weighted by Gasteiger charge is -2.06. The molecule has 1 aromatic heterocycles. The van der Waals surface area contributed by atoms with Gasteiger partial charge >= 0.3 is 0 Å². The van der Waals surface area contributed by atoms with Crippen molar-refractivity contribution in [2.45, 2.75) is 20.4 Å². The van der Waals surface area contributed by atoms with Crippen molar-refractivity contribution in [2.75, 3.05) is 5.73 Å². The average molecular weight is 220 g/mol. The Hall–Kier alpha value is -1.91. The van der Waals surface area contributed by atoms with E-state index < -0.39 is 0 Å². The highest BCUT2D eigenvalue weighted by atomic mass is 19.1. The van der Waals surface area contributed by atoms with Gasteiger partial charge in [0.1, 0.15) is 11.6 Å². The number of anilines is 1. The van der Waals surface area contributed by atoms with Crippen molar-refractivity contribution in [1.29, 1.82) is 0 Å². The number of aryl methyl sites for hydroxylation is 2. The maximum Gasteiger partial charge on any atom is 0.151 e. The van der Waals surface area contributed by atoms with Gasteiger partial charge in [-0.1, -0.05) is 12.1 Å². The third-order valence-corrected chi connectivity index (χ3v) is 2.39. The Morgan fingerprint density at radius 2 is 2.12 bits per heavy atom. The number of aromatic nitrogens is 3. The first-order valence-corrected chi connectivity index (χ1v) is 4.99. The van der Waals surface area contributed by atoms with Crippen LogP contribution in [0, 0.1) is 19.7 Å². The molecular formula is C11H13FN4. The van der Waals surface area contributed by atoms with Crippen LogP contribution in [0.2, 0.25) is 0 Å². The van der Waals surface area contributed by atoms with Gasteiger partial charge in [-0.15, -0.1) is 0 Å². The Morgan fingerprint density at radius 3 is 2.75 bits per heavy atom.